The summed E-state index contributed by atoms with van der Waals surface area (Å²) in [5.74, 6) is 3.12. The second-order valence-corrected chi connectivity index (χ2v) is 11.0. The number of rotatable bonds is 3. The molecule has 0 aromatic carbocycles. The Balaban J connectivity index is 1.22. The Labute approximate surface area is 164 Å². The first-order valence-corrected chi connectivity index (χ1v) is 10.9. The molecule has 0 spiro atoms. The highest BCUT2D eigenvalue weighted by molar-refractivity contribution is 9.10. The normalized spacial score (nSPS) is 38.7. The van der Waals surface area contributed by atoms with Gasteiger partial charge < -0.3 is 9.80 Å². The lowest BCUT2D eigenvalue weighted by atomic mass is 9.48. The Morgan fingerprint density at radius 2 is 1.85 bits per heavy atom. The lowest BCUT2D eigenvalue weighted by Gasteiger charge is -2.60. The molecule has 1 amide bonds. The fourth-order valence-corrected chi connectivity index (χ4v) is 8.21. The van der Waals surface area contributed by atoms with Crippen molar-refractivity contribution in [2.75, 3.05) is 31.1 Å². The average molecular weight is 418 g/mol. The summed E-state index contributed by atoms with van der Waals surface area (Å²) in [4.78, 5) is 22.0. The van der Waals surface area contributed by atoms with E-state index < -0.39 is 0 Å². The van der Waals surface area contributed by atoms with Gasteiger partial charge in [0.1, 0.15) is 5.82 Å². The highest BCUT2D eigenvalue weighted by Crippen LogP contribution is 2.65. The summed E-state index contributed by atoms with van der Waals surface area (Å²) in [6.07, 6.45) is 10.5. The Kier molecular flexibility index (Phi) is 4.07. The van der Waals surface area contributed by atoms with Crippen LogP contribution in [0, 0.1) is 17.3 Å². The fourth-order valence-electron chi connectivity index (χ4n) is 6.70. The number of carbonyl (C=O) groups is 1. The van der Waals surface area contributed by atoms with Crippen LogP contribution in [-0.2, 0) is 4.79 Å². The van der Waals surface area contributed by atoms with Gasteiger partial charge in [-0.15, -0.1) is 0 Å². The summed E-state index contributed by atoms with van der Waals surface area (Å²) in [6.45, 7) is 3.45. The standard InChI is InChI=1S/C21H28BrN3O/c22-21-12-16-9-17(13-21)11-20(10-16,15-21)14-19(26)25-7-5-24(6-8-25)18-3-1-2-4-23-18/h1-4,16-17H,5-15H2/t16-,17-,20?,21?/m0/s1. The molecule has 4 bridgehead atoms. The van der Waals surface area contributed by atoms with E-state index >= 15 is 0 Å². The summed E-state index contributed by atoms with van der Waals surface area (Å²) < 4.78 is 0.342. The van der Waals surface area contributed by atoms with Gasteiger partial charge >= 0.3 is 0 Å². The van der Waals surface area contributed by atoms with Crippen molar-refractivity contribution in [3.63, 3.8) is 0 Å². The Morgan fingerprint density at radius 3 is 2.46 bits per heavy atom. The minimum Gasteiger partial charge on any atom is -0.353 e. The van der Waals surface area contributed by atoms with Gasteiger partial charge in [0.05, 0.1) is 0 Å². The molecule has 26 heavy (non-hydrogen) atoms. The van der Waals surface area contributed by atoms with Gasteiger partial charge in [0.2, 0.25) is 5.91 Å². The van der Waals surface area contributed by atoms with Gasteiger partial charge in [0.15, 0.2) is 0 Å². The van der Waals surface area contributed by atoms with Crippen LogP contribution in [0.3, 0.4) is 0 Å². The molecule has 1 aromatic heterocycles. The SMILES string of the molecule is O=C(CC12C[C@@H]3C[C@H](CC(Br)(C3)C1)C2)N1CCN(c2ccccn2)CC1. The molecule has 1 aromatic rings. The van der Waals surface area contributed by atoms with Crippen molar-refractivity contribution in [1.29, 1.82) is 0 Å². The molecule has 0 radical (unpaired) electrons. The van der Waals surface area contributed by atoms with E-state index in [-0.39, 0.29) is 5.41 Å². The summed E-state index contributed by atoms with van der Waals surface area (Å²) in [7, 11) is 0. The largest absolute Gasteiger partial charge is 0.353 e. The van der Waals surface area contributed by atoms with Crippen molar-refractivity contribution >= 4 is 27.7 Å². The second kappa shape index (κ2) is 6.22. The van der Waals surface area contributed by atoms with Crippen LogP contribution in [0.5, 0.6) is 0 Å². The van der Waals surface area contributed by atoms with E-state index in [0.717, 1.165) is 50.3 Å². The van der Waals surface area contributed by atoms with E-state index in [4.69, 9.17) is 0 Å². The molecular weight excluding hydrogens is 390 g/mol. The lowest BCUT2D eigenvalue weighted by molar-refractivity contribution is -0.138. The number of carbonyl (C=O) groups excluding carboxylic acids is 1. The zero-order valence-corrected chi connectivity index (χ0v) is 17.0. The van der Waals surface area contributed by atoms with Crippen molar-refractivity contribution in [3.8, 4) is 0 Å². The monoisotopic (exact) mass is 417 g/mol. The van der Waals surface area contributed by atoms with Crippen molar-refractivity contribution in [2.45, 2.75) is 49.3 Å². The third-order valence-electron chi connectivity index (χ3n) is 7.24. The minimum absolute atomic E-state index is 0.281. The van der Waals surface area contributed by atoms with Gasteiger partial charge in [-0.05, 0) is 67.9 Å². The highest BCUT2D eigenvalue weighted by Gasteiger charge is 2.57. The molecule has 6 rings (SSSR count). The predicted octanol–water partition coefficient (Wildman–Crippen LogP) is 3.85. The van der Waals surface area contributed by atoms with Crippen LogP contribution in [0.4, 0.5) is 5.82 Å². The molecule has 2 heterocycles. The molecule has 5 heteroatoms. The number of alkyl halides is 1. The third kappa shape index (κ3) is 3.06. The number of piperazine rings is 1. The van der Waals surface area contributed by atoms with E-state index in [0.29, 0.717) is 10.2 Å². The fraction of sp³-hybridized carbons (Fsp3) is 0.714. The lowest BCUT2D eigenvalue weighted by Crippen LogP contribution is -2.55. The number of nitrogens with zero attached hydrogens (tertiary/aromatic N) is 3. The molecule has 0 unspecified atom stereocenters. The van der Waals surface area contributed by atoms with Gasteiger partial charge in [0.25, 0.3) is 0 Å². The molecule has 0 N–H and O–H groups in total. The van der Waals surface area contributed by atoms with Crippen LogP contribution in [0.1, 0.15) is 44.9 Å². The van der Waals surface area contributed by atoms with E-state index in [1.807, 2.05) is 18.3 Å². The molecule has 4 aliphatic carbocycles. The zero-order valence-electron chi connectivity index (χ0n) is 15.4. The molecule has 5 aliphatic rings. The summed E-state index contributed by atoms with van der Waals surface area (Å²) in [5, 5.41) is 0. The molecule has 1 aliphatic heterocycles. The Bertz CT molecular complexity index is 672. The number of hydrogen-bond donors (Lipinski definition) is 0. The van der Waals surface area contributed by atoms with E-state index in [1.165, 1.54) is 38.5 Å². The summed E-state index contributed by atoms with van der Waals surface area (Å²) in [5.41, 5.74) is 0.281. The van der Waals surface area contributed by atoms with Crippen molar-refractivity contribution < 1.29 is 4.79 Å². The van der Waals surface area contributed by atoms with Crippen LogP contribution < -0.4 is 4.90 Å². The molecule has 2 atom stereocenters. The van der Waals surface area contributed by atoms with Crippen LogP contribution in [-0.4, -0.2) is 46.3 Å². The van der Waals surface area contributed by atoms with Gasteiger partial charge in [-0.2, -0.15) is 0 Å². The summed E-state index contributed by atoms with van der Waals surface area (Å²) in [6, 6.07) is 6.04. The Morgan fingerprint density at radius 1 is 1.12 bits per heavy atom. The maximum atomic E-state index is 13.1. The minimum atomic E-state index is 0.281. The number of aromatic nitrogens is 1. The summed E-state index contributed by atoms with van der Waals surface area (Å²) >= 11 is 4.07. The quantitative estimate of drug-likeness (QED) is 0.700. The number of hydrogen-bond acceptors (Lipinski definition) is 3. The maximum Gasteiger partial charge on any atom is 0.223 e. The molecule has 140 valence electrons. The third-order valence-corrected chi connectivity index (χ3v) is 8.17. The number of anilines is 1. The number of halogens is 1. The highest BCUT2D eigenvalue weighted by atomic mass is 79.9. The molecular formula is C21H28BrN3O. The second-order valence-electron chi connectivity index (χ2n) is 9.34. The van der Waals surface area contributed by atoms with Crippen LogP contribution in [0.25, 0.3) is 0 Å². The predicted molar refractivity (Wildman–Crippen MR) is 106 cm³/mol. The van der Waals surface area contributed by atoms with Crippen molar-refractivity contribution in [1.82, 2.24) is 9.88 Å². The van der Waals surface area contributed by atoms with Crippen LogP contribution in [0.15, 0.2) is 24.4 Å². The van der Waals surface area contributed by atoms with E-state index in [1.54, 1.807) is 0 Å². The first-order valence-electron chi connectivity index (χ1n) is 10.2. The molecule has 4 saturated carbocycles. The molecule has 4 nitrogen and oxygen atoms in total. The van der Waals surface area contributed by atoms with Gasteiger partial charge in [-0.25, -0.2) is 4.98 Å². The number of amides is 1. The average Bonchev–Trinajstić information content (AvgIpc) is 2.60. The van der Waals surface area contributed by atoms with Crippen LogP contribution >= 0.6 is 15.9 Å². The van der Waals surface area contributed by atoms with Gasteiger partial charge in [0, 0.05) is 43.1 Å². The van der Waals surface area contributed by atoms with Gasteiger partial charge in [-0.3, -0.25) is 4.79 Å². The topological polar surface area (TPSA) is 36.4 Å². The first kappa shape index (κ1) is 17.0. The van der Waals surface area contributed by atoms with E-state index in [2.05, 4.69) is 36.8 Å². The Hall–Kier alpha value is -1.10. The first-order chi connectivity index (χ1) is 12.5. The zero-order chi connectivity index (χ0) is 17.8. The van der Waals surface area contributed by atoms with Crippen LogP contribution in [0.2, 0.25) is 0 Å². The van der Waals surface area contributed by atoms with E-state index in [9.17, 15) is 4.79 Å². The van der Waals surface area contributed by atoms with Crippen molar-refractivity contribution in [2.24, 2.45) is 17.3 Å². The maximum absolute atomic E-state index is 13.1. The molecule has 5 fully saturated rings. The molecule has 1 saturated heterocycles. The van der Waals surface area contributed by atoms with Crippen molar-refractivity contribution in [3.05, 3.63) is 24.4 Å². The number of pyridine rings is 1. The smallest absolute Gasteiger partial charge is 0.223 e. The van der Waals surface area contributed by atoms with Gasteiger partial charge in [-0.1, -0.05) is 22.0 Å².